The second kappa shape index (κ2) is 7.19. The van der Waals surface area contributed by atoms with Crippen LogP contribution in [0, 0.1) is 5.41 Å². The topological polar surface area (TPSA) is 111 Å². The zero-order valence-corrected chi connectivity index (χ0v) is 19.1. The first kappa shape index (κ1) is 21.0. The molecular weight excluding hydrogens is 474 g/mol. The molecule has 0 bridgehead atoms. The molecule has 0 aliphatic carbocycles. The Labute approximate surface area is 185 Å². The highest BCUT2D eigenvalue weighted by atomic mass is 79.9. The molecule has 158 valence electrons. The fourth-order valence-electron chi connectivity index (χ4n) is 3.98. The Hall–Kier alpha value is -2.20. The molecule has 2 fully saturated rings. The Morgan fingerprint density at radius 1 is 1.17 bits per heavy atom. The average molecular weight is 494 g/mol. The van der Waals surface area contributed by atoms with E-state index in [2.05, 4.69) is 31.1 Å². The highest BCUT2D eigenvalue weighted by molar-refractivity contribution is 9.10. The van der Waals surface area contributed by atoms with Gasteiger partial charge in [0.2, 0.25) is 5.16 Å². The lowest BCUT2D eigenvalue weighted by Crippen LogP contribution is -2.38. The highest BCUT2D eigenvalue weighted by Gasteiger charge is 2.67. The smallest absolute Gasteiger partial charge is 0.324 e. The highest BCUT2D eigenvalue weighted by Crippen LogP contribution is 2.52. The molecule has 0 radical (unpaired) electrons. The van der Waals surface area contributed by atoms with E-state index < -0.39 is 28.6 Å². The summed E-state index contributed by atoms with van der Waals surface area (Å²) in [5.74, 6) is -1.03. The van der Waals surface area contributed by atoms with Crippen molar-refractivity contribution in [3.8, 4) is 11.4 Å². The normalized spacial score (nSPS) is 27.3. The van der Waals surface area contributed by atoms with Crippen LogP contribution in [0.15, 0.2) is 33.9 Å². The number of hydrogen-bond acceptors (Lipinski definition) is 8. The van der Waals surface area contributed by atoms with Crippen LogP contribution in [0.5, 0.6) is 0 Å². The number of aromatic nitrogens is 3. The van der Waals surface area contributed by atoms with Crippen molar-refractivity contribution in [2.45, 2.75) is 50.0 Å². The van der Waals surface area contributed by atoms with Crippen molar-refractivity contribution >= 4 is 45.4 Å². The van der Waals surface area contributed by atoms with E-state index in [1.807, 2.05) is 24.3 Å². The van der Waals surface area contributed by atoms with Gasteiger partial charge < -0.3 is 9.47 Å². The molecular formula is C20H20BrN3O5S. The Kier molecular flexibility index (Phi) is 5.05. The van der Waals surface area contributed by atoms with E-state index >= 15 is 0 Å². The molecule has 4 rings (SSSR count). The predicted molar refractivity (Wildman–Crippen MR) is 112 cm³/mol. The molecule has 10 heteroatoms. The molecule has 8 nitrogen and oxygen atoms in total. The third-order valence-corrected chi connectivity index (χ3v) is 6.89. The van der Waals surface area contributed by atoms with Gasteiger partial charge in [-0.1, -0.05) is 45.9 Å². The number of aromatic amines is 1. The summed E-state index contributed by atoms with van der Waals surface area (Å²) < 4.78 is 11.6. The van der Waals surface area contributed by atoms with Gasteiger partial charge >= 0.3 is 11.9 Å². The lowest BCUT2D eigenvalue weighted by molar-refractivity contribution is -0.162. The summed E-state index contributed by atoms with van der Waals surface area (Å²) in [5, 5.41) is 7.40. The molecule has 1 spiro atoms. The van der Waals surface area contributed by atoms with Gasteiger partial charge in [-0.3, -0.25) is 19.5 Å². The second-order valence-corrected chi connectivity index (χ2v) is 10.2. The van der Waals surface area contributed by atoms with Crippen LogP contribution in [0.4, 0.5) is 0 Å². The van der Waals surface area contributed by atoms with Gasteiger partial charge in [-0.2, -0.15) is 0 Å². The van der Waals surface area contributed by atoms with Gasteiger partial charge in [-0.15, -0.1) is 5.10 Å². The average Bonchev–Trinajstić information content (AvgIpc) is 3.29. The van der Waals surface area contributed by atoms with E-state index in [4.69, 9.17) is 9.47 Å². The maximum atomic E-state index is 12.9. The fraction of sp³-hybridized carbons (Fsp3) is 0.450. The number of esters is 2. The number of Topliss-reactive ketones (excluding diaryl/α,β-unsaturated/α-hetero) is 1. The standard InChI is InChI=1S/C20H20BrN3O5S/c1-18(2)9-20(15(26)28-18)10-19(3,29-16(20)27)13(25)8-30-17-22-14(23-24-17)11-6-4-5-7-12(11)21/h4-7H,8-10H2,1-3H3,(H,22,23,24)/t19-,20+/m0/s1. The van der Waals surface area contributed by atoms with E-state index in [1.165, 1.54) is 0 Å². The fourth-order valence-corrected chi connectivity index (χ4v) is 5.29. The van der Waals surface area contributed by atoms with Gasteiger partial charge in [0, 0.05) is 22.9 Å². The number of benzene rings is 1. The second-order valence-electron chi connectivity index (χ2n) is 8.36. The number of H-pyrrole nitrogens is 1. The zero-order valence-electron chi connectivity index (χ0n) is 16.7. The minimum Gasteiger partial charge on any atom is -0.459 e. The Morgan fingerprint density at radius 2 is 1.87 bits per heavy atom. The van der Waals surface area contributed by atoms with E-state index in [-0.39, 0.29) is 24.4 Å². The number of thioether (sulfide) groups is 1. The maximum absolute atomic E-state index is 12.9. The SMILES string of the molecule is CC1(C)C[C@@]2(C[C@@](C)(C(=O)CSc3n[nH]c(-c4ccccc4Br)n3)OC2=O)C(=O)O1. The van der Waals surface area contributed by atoms with Gasteiger partial charge in [-0.05, 0) is 26.8 Å². The lowest BCUT2D eigenvalue weighted by Gasteiger charge is -2.21. The number of hydrogen-bond donors (Lipinski definition) is 1. The summed E-state index contributed by atoms with van der Waals surface area (Å²) in [4.78, 5) is 42.3. The number of carbonyl (C=O) groups excluding carboxylic acids is 3. The number of halogens is 1. The molecule has 2 aromatic rings. The minimum absolute atomic E-state index is 0.00551. The van der Waals surface area contributed by atoms with Crippen molar-refractivity contribution in [2.24, 2.45) is 5.41 Å². The van der Waals surface area contributed by atoms with E-state index in [0.29, 0.717) is 11.0 Å². The van der Waals surface area contributed by atoms with Crippen molar-refractivity contribution < 1.29 is 23.9 Å². The molecule has 0 amide bonds. The predicted octanol–water partition coefficient (Wildman–Crippen LogP) is 3.31. The molecule has 1 N–H and O–H groups in total. The number of carbonyl (C=O) groups is 3. The molecule has 0 unspecified atom stereocenters. The molecule has 2 aliphatic heterocycles. The summed E-state index contributed by atoms with van der Waals surface area (Å²) in [7, 11) is 0. The van der Waals surface area contributed by atoms with Crippen molar-refractivity contribution in [3.63, 3.8) is 0 Å². The van der Waals surface area contributed by atoms with Crippen LogP contribution in [0.2, 0.25) is 0 Å². The van der Waals surface area contributed by atoms with Crippen LogP contribution in [0.1, 0.15) is 33.6 Å². The molecule has 2 aliphatic rings. The summed E-state index contributed by atoms with van der Waals surface area (Å²) in [6.07, 6.45) is 0.181. The maximum Gasteiger partial charge on any atom is 0.324 e. The van der Waals surface area contributed by atoms with Gasteiger partial charge in [0.05, 0.1) is 5.75 Å². The molecule has 30 heavy (non-hydrogen) atoms. The third kappa shape index (κ3) is 3.56. The van der Waals surface area contributed by atoms with Gasteiger partial charge in [0.15, 0.2) is 22.6 Å². The van der Waals surface area contributed by atoms with Crippen molar-refractivity contribution in [1.82, 2.24) is 15.2 Å². The summed E-state index contributed by atoms with van der Waals surface area (Å²) in [6, 6.07) is 7.58. The van der Waals surface area contributed by atoms with Gasteiger partial charge in [0.25, 0.3) is 0 Å². The Bertz CT molecular complexity index is 1050. The first-order valence-corrected chi connectivity index (χ1v) is 11.1. The van der Waals surface area contributed by atoms with Crippen LogP contribution >= 0.6 is 27.7 Å². The van der Waals surface area contributed by atoms with Crippen molar-refractivity contribution in [2.75, 3.05) is 5.75 Å². The number of rotatable bonds is 5. The molecule has 2 atom stereocenters. The van der Waals surface area contributed by atoms with Gasteiger partial charge in [-0.25, -0.2) is 4.98 Å². The van der Waals surface area contributed by atoms with Crippen LogP contribution < -0.4 is 0 Å². The summed E-state index contributed by atoms with van der Waals surface area (Å²) >= 11 is 4.61. The molecule has 0 saturated carbocycles. The van der Waals surface area contributed by atoms with Crippen LogP contribution in [-0.2, 0) is 23.9 Å². The van der Waals surface area contributed by atoms with Crippen LogP contribution in [-0.4, -0.2) is 49.9 Å². The number of cyclic esters (lactones) is 2. The largest absolute Gasteiger partial charge is 0.459 e. The number of nitrogens with one attached hydrogen (secondary N) is 1. The number of ketones is 1. The van der Waals surface area contributed by atoms with Crippen molar-refractivity contribution in [1.29, 1.82) is 0 Å². The van der Waals surface area contributed by atoms with E-state index in [1.54, 1.807) is 20.8 Å². The molecule has 1 aromatic carbocycles. The quantitative estimate of drug-likeness (QED) is 0.383. The Morgan fingerprint density at radius 3 is 2.53 bits per heavy atom. The monoisotopic (exact) mass is 493 g/mol. The lowest BCUT2D eigenvalue weighted by atomic mass is 9.75. The summed E-state index contributed by atoms with van der Waals surface area (Å²) in [6.45, 7) is 5.03. The van der Waals surface area contributed by atoms with Crippen molar-refractivity contribution in [3.05, 3.63) is 28.7 Å². The molecule has 1 aromatic heterocycles. The third-order valence-electron chi connectivity index (χ3n) is 5.35. The van der Waals surface area contributed by atoms with E-state index in [9.17, 15) is 14.4 Å². The molecule has 3 heterocycles. The number of ether oxygens (including phenoxy) is 2. The Balaban J connectivity index is 1.45. The first-order chi connectivity index (χ1) is 14.0. The van der Waals surface area contributed by atoms with Crippen LogP contribution in [0.3, 0.4) is 0 Å². The zero-order chi connectivity index (χ0) is 21.7. The van der Waals surface area contributed by atoms with Crippen LogP contribution in [0.25, 0.3) is 11.4 Å². The van der Waals surface area contributed by atoms with E-state index in [0.717, 1.165) is 21.8 Å². The minimum atomic E-state index is -1.41. The van der Waals surface area contributed by atoms with Gasteiger partial charge in [0.1, 0.15) is 5.60 Å². The first-order valence-electron chi connectivity index (χ1n) is 9.35. The number of nitrogens with zero attached hydrogens (tertiary/aromatic N) is 2. The summed E-state index contributed by atoms with van der Waals surface area (Å²) in [5.41, 5.74) is -2.70. The molecule has 2 saturated heterocycles.